The first-order valence-electron chi connectivity index (χ1n) is 5.78. The summed E-state index contributed by atoms with van der Waals surface area (Å²) in [5.74, 6) is 0. The minimum absolute atomic E-state index is 0.151. The third kappa shape index (κ3) is 3.18. The molecule has 1 aliphatic heterocycles. The Labute approximate surface area is 94.0 Å². The van der Waals surface area contributed by atoms with E-state index in [-0.39, 0.29) is 5.69 Å². The van der Waals surface area contributed by atoms with Crippen molar-refractivity contribution < 1.29 is 4.74 Å². The zero-order chi connectivity index (χ0) is 11.2. The third-order valence-electron chi connectivity index (χ3n) is 2.80. The number of rotatable bonds is 5. The van der Waals surface area contributed by atoms with Crippen molar-refractivity contribution in [2.75, 3.05) is 19.7 Å². The van der Waals surface area contributed by atoms with Crippen LogP contribution >= 0.6 is 0 Å². The molecule has 0 aliphatic carbocycles. The number of nitrogens with one attached hydrogen (secondary N) is 2. The number of aromatic nitrogens is 3. The Hall–Kier alpha value is -1.14. The van der Waals surface area contributed by atoms with Gasteiger partial charge >= 0.3 is 5.69 Å². The number of hydrogen-bond acceptors (Lipinski definition) is 4. The van der Waals surface area contributed by atoms with Gasteiger partial charge in [-0.05, 0) is 32.4 Å². The van der Waals surface area contributed by atoms with Gasteiger partial charge in [-0.15, -0.1) is 0 Å². The maximum atomic E-state index is 11.1. The van der Waals surface area contributed by atoms with Crippen LogP contribution in [0.1, 0.15) is 19.3 Å². The van der Waals surface area contributed by atoms with Crippen LogP contribution in [0.2, 0.25) is 0 Å². The first-order valence-corrected chi connectivity index (χ1v) is 5.78. The Morgan fingerprint density at radius 1 is 1.50 bits per heavy atom. The lowest BCUT2D eigenvalue weighted by Crippen LogP contribution is -2.32. The molecule has 0 bridgehead atoms. The molecule has 1 aliphatic rings. The minimum atomic E-state index is -0.151. The Morgan fingerprint density at radius 3 is 3.00 bits per heavy atom. The van der Waals surface area contributed by atoms with Crippen molar-refractivity contribution in [2.24, 2.45) is 0 Å². The van der Waals surface area contributed by atoms with Gasteiger partial charge in [0, 0.05) is 13.2 Å². The standard InChI is InChI=1S/C10H18N4O2/c15-10-13-12-8-14(10)6-1-7-16-9-2-4-11-5-3-9/h8-9,11H,1-7H2,(H,13,15). The second kappa shape index (κ2) is 5.81. The number of H-pyrrole nitrogens is 1. The third-order valence-corrected chi connectivity index (χ3v) is 2.80. The van der Waals surface area contributed by atoms with E-state index in [1.807, 2.05) is 0 Å². The summed E-state index contributed by atoms with van der Waals surface area (Å²) in [6, 6.07) is 0. The average Bonchev–Trinajstić information content (AvgIpc) is 2.72. The van der Waals surface area contributed by atoms with Crippen molar-refractivity contribution in [3.05, 3.63) is 16.8 Å². The van der Waals surface area contributed by atoms with E-state index in [0.717, 1.165) is 32.4 Å². The highest BCUT2D eigenvalue weighted by molar-refractivity contribution is 4.68. The number of piperidine rings is 1. The molecule has 2 rings (SSSR count). The summed E-state index contributed by atoms with van der Waals surface area (Å²) < 4.78 is 7.30. The van der Waals surface area contributed by atoms with E-state index in [2.05, 4.69) is 15.5 Å². The van der Waals surface area contributed by atoms with Crippen molar-refractivity contribution >= 4 is 0 Å². The van der Waals surface area contributed by atoms with Gasteiger partial charge in [-0.1, -0.05) is 0 Å². The Morgan fingerprint density at radius 2 is 2.31 bits per heavy atom. The lowest BCUT2D eigenvalue weighted by molar-refractivity contribution is 0.0300. The maximum Gasteiger partial charge on any atom is 0.343 e. The van der Waals surface area contributed by atoms with Gasteiger partial charge in [-0.2, -0.15) is 5.10 Å². The van der Waals surface area contributed by atoms with Gasteiger partial charge in [0.15, 0.2) is 0 Å². The molecule has 16 heavy (non-hydrogen) atoms. The van der Waals surface area contributed by atoms with Crippen LogP contribution in [0.15, 0.2) is 11.1 Å². The van der Waals surface area contributed by atoms with E-state index >= 15 is 0 Å². The summed E-state index contributed by atoms with van der Waals surface area (Å²) >= 11 is 0. The minimum Gasteiger partial charge on any atom is -0.378 e. The molecule has 0 amide bonds. The molecule has 0 aromatic carbocycles. The van der Waals surface area contributed by atoms with Gasteiger partial charge in [0.2, 0.25) is 0 Å². The number of aromatic amines is 1. The van der Waals surface area contributed by atoms with Gasteiger partial charge < -0.3 is 10.1 Å². The van der Waals surface area contributed by atoms with E-state index in [9.17, 15) is 4.79 Å². The molecular formula is C10H18N4O2. The van der Waals surface area contributed by atoms with Crippen LogP contribution < -0.4 is 11.0 Å². The maximum absolute atomic E-state index is 11.1. The largest absolute Gasteiger partial charge is 0.378 e. The van der Waals surface area contributed by atoms with Crippen LogP contribution in [0.5, 0.6) is 0 Å². The Kier molecular flexibility index (Phi) is 4.12. The smallest absolute Gasteiger partial charge is 0.343 e. The normalized spacial score (nSPS) is 17.8. The first-order chi connectivity index (χ1) is 7.86. The summed E-state index contributed by atoms with van der Waals surface area (Å²) in [4.78, 5) is 11.1. The van der Waals surface area contributed by atoms with Crippen LogP contribution in [0.4, 0.5) is 0 Å². The molecule has 1 aromatic heterocycles. The zero-order valence-electron chi connectivity index (χ0n) is 9.32. The van der Waals surface area contributed by atoms with Gasteiger partial charge in [0.25, 0.3) is 0 Å². The molecule has 6 heteroatoms. The molecule has 1 aromatic rings. The molecule has 0 saturated carbocycles. The van der Waals surface area contributed by atoms with Crippen LogP contribution in [0.25, 0.3) is 0 Å². The van der Waals surface area contributed by atoms with E-state index in [0.29, 0.717) is 19.3 Å². The van der Waals surface area contributed by atoms with Crippen LogP contribution in [0, 0.1) is 0 Å². The van der Waals surface area contributed by atoms with Gasteiger partial charge in [-0.3, -0.25) is 4.57 Å². The number of aryl methyl sites for hydroxylation is 1. The molecule has 0 unspecified atom stereocenters. The topological polar surface area (TPSA) is 71.9 Å². The van der Waals surface area contributed by atoms with Crippen molar-refractivity contribution in [1.29, 1.82) is 0 Å². The highest BCUT2D eigenvalue weighted by Crippen LogP contribution is 2.07. The van der Waals surface area contributed by atoms with Crippen LogP contribution in [0.3, 0.4) is 0 Å². The van der Waals surface area contributed by atoms with Crippen molar-refractivity contribution in [2.45, 2.75) is 31.9 Å². The monoisotopic (exact) mass is 226 g/mol. The fourth-order valence-electron chi connectivity index (χ4n) is 1.88. The quantitative estimate of drug-likeness (QED) is 0.678. The fourth-order valence-corrected chi connectivity index (χ4v) is 1.88. The van der Waals surface area contributed by atoms with Crippen molar-refractivity contribution in [1.82, 2.24) is 20.1 Å². The summed E-state index contributed by atoms with van der Waals surface area (Å²) in [6.07, 6.45) is 4.94. The molecule has 0 atom stereocenters. The highest BCUT2D eigenvalue weighted by atomic mass is 16.5. The molecule has 6 nitrogen and oxygen atoms in total. The lowest BCUT2D eigenvalue weighted by atomic mass is 10.1. The summed E-state index contributed by atoms with van der Waals surface area (Å²) in [5, 5.41) is 9.33. The molecule has 2 N–H and O–H groups in total. The van der Waals surface area contributed by atoms with E-state index in [1.54, 1.807) is 4.57 Å². The predicted molar refractivity (Wildman–Crippen MR) is 59.3 cm³/mol. The van der Waals surface area contributed by atoms with Gasteiger partial charge in [0.1, 0.15) is 6.33 Å². The van der Waals surface area contributed by atoms with Gasteiger partial charge in [-0.25, -0.2) is 9.89 Å². The Bertz CT molecular complexity index is 354. The SMILES string of the molecule is O=c1[nH]ncn1CCCOC1CCNCC1. The number of hydrogen-bond donors (Lipinski definition) is 2. The van der Waals surface area contributed by atoms with E-state index < -0.39 is 0 Å². The molecule has 1 fully saturated rings. The number of ether oxygens (including phenoxy) is 1. The summed E-state index contributed by atoms with van der Waals surface area (Å²) in [6.45, 7) is 3.47. The van der Waals surface area contributed by atoms with E-state index in [4.69, 9.17) is 4.74 Å². The first kappa shape index (κ1) is 11.3. The van der Waals surface area contributed by atoms with Crippen molar-refractivity contribution in [3.63, 3.8) is 0 Å². The molecule has 1 saturated heterocycles. The Balaban J connectivity index is 1.61. The van der Waals surface area contributed by atoms with Crippen LogP contribution in [-0.4, -0.2) is 40.6 Å². The lowest BCUT2D eigenvalue weighted by Gasteiger charge is -2.22. The van der Waals surface area contributed by atoms with Crippen LogP contribution in [-0.2, 0) is 11.3 Å². The average molecular weight is 226 g/mol. The van der Waals surface area contributed by atoms with E-state index in [1.165, 1.54) is 6.33 Å². The number of nitrogens with zero attached hydrogens (tertiary/aromatic N) is 2. The predicted octanol–water partition coefficient (Wildman–Crippen LogP) is -0.270. The summed E-state index contributed by atoms with van der Waals surface area (Å²) in [7, 11) is 0. The molecule has 2 heterocycles. The highest BCUT2D eigenvalue weighted by Gasteiger charge is 2.12. The fraction of sp³-hybridized carbons (Fsp3) is 0.800. The second-order valence-corrected chi connectivity index (χ2v) is 4.03. The molecule has 90 valence electrons. The summed E-state index contributed by atoms with van der Waals surface area (Å²) in [5.41, 5.74) is -0.151. The second-order valence-electron chi connectivity index (χ2n) is 4.03. The van der Waals surface area contributed by atoms with Gasteiger partial charge in [0.05, 0.1) is 6.10 Å². The molecular weight excluding hydrogens is 208 g/mol. The zero-order valence-corrected chi connectivity index (χ0v) is 9.32. The molecule has 0 radical (unpaired) electrons. The molecule has 0 spiro atoms. The van der Waals surface area contributed by atoms with Crippen molar-refractivity contribution in [3.8, 4) is 0 Å².